The Hall–Kier alpha value is -1.59. The Morgan fingerprint density at radius 2 is 2.16 bits per heavy atom. The molecule has 0 bridgehead atoms. The number of methoxy groups -OCH3 is 1. The normalized spacial score (nSPS) is 12.3. The molecule has 0 aliphatic heterocycles. The number of nitrogens with one attached hydrogen (secondary N) is 1. The van der Waals surface area contributed by atoms with E-state index in [4.69, 9.17) is 9.84 Å². The molecule has 0 aromatic heterocycles. The summed E-state index contributed by atoms with van der Waals surface area (Å²) in [7, 11) is 3.42. The predicted molar refractivity (Wildman–Crippen MR) is 74.0 cm³/mol. The first kappa shape index (κ1) is 15.5. The molecule has 0 spiro atoms. The lowest BCUT2D eigenvalue weighted by Gasteiger charge is -2.23. The van der Waals surface area contributed by atoms with E-state index >= 15 is 0 Å². The van der Waals surface area contributed by atoms with Crippen molar-refractivity contribution in [2.75, 3.05) is 27.3 Å². The number of aliphatic hydroxyl groups is 1. The Kier molecular flexibility index (Phi) is 6.32. The van der Waals surface area contributed by atoms with E-state index in [0.717, 1.165) is 11.3 Å². The highest BCUT2D eigenvalue weighted by molar-refractivity contribution is 5.81. The van der Waals surface area contributed by atoms with Gasteiger partial charge in [-0.2, -0.15) is 0 Å². The number of ether oxygens (including phenoxy) is 1. The third-order valence-corrected chi connectivity index (χ3v) is 3.14. The molecule has 1 aromatic rings. The van der Waals surface area contributed by atoms with Gasteiger partial charge in [-0.15, -0.1) is 0 Å². The average Bonchev–Trinajstić information content (AvgIpc) is 2.44. The molecule has 1 aromatic carbocycles. The van der Waals surface area contributed by atoms with E-state index in [-0.39, 0.29) is 18.6 Å². The van der Waals surface area contributed by atoms with Gasteiger partial charge >= 0.3 is 0 Å². The van der Waals surface area contributed by atoms with Gasteiger partial charge in [0.25, 0.3) is 0 Å². The van der Waals surface area contributed by atoms with E-state index in [0.29, 0.717) is 13.1 Å². The lowest BCUT2D eigenvalue weighted by molar-refractivity contribution is -0.125. The molecular weight excluding hydrogens is 244 g/mol. The van der Waals surface area contributed by atoms with Crippen LogP contribution in [0.25, 0.3) is 0 Å². The van der Waals surface area contributed by atoms with Crippen LogP contribution in [0.15, 0.2) is 24.3 Å². The summed E-state index contributed by atoms with van der Waals surface area (Å²) in [5.41, 5.74) is 0.940. The van der Waals surface area contributed by atoms with Crippen molar-refractivity contribution in [2.24, 2.45) is 0 Å². The Balaban J connectivity index is 2.54. The molecule has 5 nitrogen and oxygen atoms in total. The maximum absolute atomic E-state index is 12.0. The first-order valence-electron chi connectivity index (χ1n) is 6.30. The van der Waals surface area contributed by atoms with Crippen molar-refractivity contribution in [1.29, 1.82) is 0 Å². The maximum Gasteiger partial charge on any atom is 0.237 e. The van der Waals surface area contributed by atoms with E-state index < -0.39 is 0 Å². The molecule has 1 atom stereocenters. The number of carbonyl (C=O) groups is 1. The largest absolute Gasteiger partial charge is 0.496 e. The first-order chi connectivity index (χ1) is 9.10. The number of nitrogens with zero attached hydrogens (tertiary/aromatic N) is 1. The third-order valence-electron chi connectivity index (χ3n) is 3.14. The van der Waals surface area contributed by atoms with Gasteiger partial charge in [0.15, 0.2) is 0 Å². The zero-order valence-corrected chi connectivity index (χ0v) is 11.7. The highest BCUT2D eigenvalue weighted by Crippen LogP contribution is 2.16. The van der Waals surface area contributed by atoms with Crippen LogP contribution in [-0.2, 0) is 11.3 Å². The Labute approximate surface area is 114 Å². The van der Waals surface area contributed by atoms with Crippen LogP contribution in [0.5, 0.6) is 5.75 Å². The van der Waals surface area contributed by atoms with Gasteiger partial charge in [-0.25, -0.2) is 0 Å². The van der Waals surface area contributed by atoms with E-state index in [2.05, 4.69) is 5.32 Å². The van der Waals surface area contributed by atoms with Crippen LogP contribution in [0.3, 0.4) is 0 Å². The fourth-order valence-electron chi connectivity index (χ4n) is 1.73. The number of amides is 1. The highest BCUT2D eigenvalue weighted by atomic mass is 16.5. The molecule has 1 amide bonds. The molecule has 0 aliphatic rings. The molecule has 106 valence electrons. The topological polar surface area (TPSA) is 61.8 Å². The van der Waals surface area contributed by atoms with Crippen LogP contribution >= 0.6 is 0 Å². The van der Waals surface area contributed by atoms with E-state index in [9.17, 15) is 4.79 Å². The van der Waals surface area contributed by atoms with E-state index in [1.165, 1.54) is 0 Å². The summed E-state index contributed by atoms with van der Waals surface area (Å²) in [6.07, 6.45) is 0. The third kappa shape index (κ3) is 4.54. The lowest BCUT2D eigenvalue weighted by Crippen LogP contribution is -2.44. The highest BCUT2D eigenvalue weighted by Gasteiger charge is 2.17. The van der Waals surface area contributed by atoms with Crippen molar-refractivity contribution in [3.05, 3.63) is 29.8 Å². The van der Waals surface area contributed by atoms with Crippen LogP contribution in [0.2, 0.25) is 0 Å². The van der Waals surface area contributed by atoms with E-state index in [1.54, 1.807) is 12.0 Å². The fourth-order valence-corrected chi connectivity index (χ4v) is 1.73. The molecule has 0 saturated carbocycles. The minimum Gasteiger partial charge on any atom is -0.496 e. The first-order valence-corrected chi connectivity index (χ1v) is 6.30. The van der Waals surface area contributed by atoms with Crippen molar-refractivity contribution >= 4 is 5.91 Å². The van der Waals surface area contributed by atoms with Gasteiger partial charge in [0.2, 0.25) is 5.91 Å². The van der Waals surface area contributed by atoms with Crippen molar-refractivity contribution in [3.63, 3.8) is 0 Å². The molecule has 1 rings (SSSR count). The number of rotatable bonds is 7. The Morgan fingerprint density at radius 1 is 1.47 bits per heavy atom. The maximum atomic E-state index is 12.0. The Morgan fingerprint density at radius 3 is 2.79 bits per heavy atom. The molecule has 19 heavy (non-hydrogen) atoms. The van der Waals surface area contributed by atoms with Gasteiger partial charge in [0.05, 0.1) is 19.8 Å². The molecule has 0 saturated heterocycles. The summed E-state index contributed by atoms with van der Waals surface area (Å²) >= 11 is 0. The van der Waals surface area contributed by atoms with Crippen LogP contribution < -0.4 is 10.1 Å². The molecule has 0 fully saturated rings. The standard InChI is InChI=1S/C14H22N2O3/c1-11(16(2)8-9-17)14(18)15-10-12-6-4-5-7-13(12)19-3/h4-7,11,17H,8-10H2,1-3H3,(H,15,18). The van der Waals surface area contributed by atoms with E-state index in [1.807, 2.05) is 38.2 Å². The second-order valence-electron chi connectivity index (χ2n) is 4.41. The minimum absolute atomic E-state index is 0.0423. The van der Waals surface area contributed by atoms with Crippen molar-refractivity contribution < 1.29 is 14.6 Å². The smallest absolute Gasteiger partial charge is 0.237 e. The molecule has 0 heterocycles. The predicted octanol–water partition coefficient (Wildman–Crippen LogP) is 0.624. The summed E-state index contributed by atoms with van der Waals surface area (Å²) in [5, 5.41) is 11.7. The van der Waals surface area contributed by atoms with Gasteiger partial charge in [-0.05, 0) is 20.0 Å². The summed E-state index contributed by atoms with van der Waals surface area (Å²) in [5.74, 6) is 0.695. The zero-order chi connectivity index (χ0) is 14.3. The van der Waals surface area contributed by atoms with Crippen molar-refractivity contribution in [1.82, 2.24) is 10.2 Å². The number of benzene rings is 1. The number of likely N-dealkylation sites (N-methyl/N-ethyl adjacent to an activating group) is 1. The number of hydrogen-bond donors (Lipinski definition) is 2. The number of para-hydroxylation sites is 1. The summed E-state index contributed by atoms with van der Waals surface area (Å²) < 4.78 is 5.23. The quantitative estimate of drug-likeness (QED) is 0.759. The zero-order valence-electron chi connectivity index (χ0n) is 11.7. The van der Waals surface area contributed by atoms with Gasteiger partial charge in [-0.3, -0.25) is 9.69 Å². The van der Waals surface area contributed by atoms with Gasteiger partial charge in [0.1, 0.15) is 5.75 Å². The molecular formula is C14H22N2O3. The second kappa shape index (κ2) is 7.76. The SMILES string of the molecule is COc1ccccc1CNC(=O)C(C)N(C)CCO. The van der Waals surface area contributed by atoms with Gasteiger partial charge < -0.3 is 15.2 Å². The molecule has 0 aliphatic carbocycles. The summed E-state index contributed by atoms with van der Waals surface area (Å²) in [6, 6.07) is 7.30. The van der Waals surface area contributed by atoms with Crippen molar-refractivity contribution in [3.8, 4) is 5.75 Å². The number of carbonyl (C=O) groups excluding carboxylic acids is 1. The monoisotopic (exact) mass is 266 g/mol. The average molecular weight is 266 g/mol. The number of aliphatic hydroxyl groups excluding tert-OH is 1. The van der Waals surface area contributed by atoms with Crippen LogP contribution in [0, 0.1) is 0 Å². The van der Waals surface area contributed by atoms with Crippen LogP contribution in [-0.4, -0.2) is 49.3 Å². The van der Waals surface area contributed by atoms with Gasteiger partial charge in [0, 0.05) is 18.7 Å². The molecule has 2 N–H and O–H groups in total. The van der Waals surface area contributed by atoms with Gasteiger partial charge in [-0.1, -0.05) is 18.2 Å². The van der Waals surface area contributed by atoms with Crippen molar-refractivity contribution in [2.45, 2.75) is 19.5 Å². The van der Waals surface area contributed by atoms with Crippen LogP contribution in [0.1, 0.15) is 12.5 Å². The number of hydrogen-bond acceptors (Lipinski definition) is 4. The minimum atomic E-state index is -0.276. The summed E-state index contributed by atoms with van der Waals surface area (Å²) in [6.45, 7) is 2.76. The molecule has 1 unspecified atom stereocenters. The molecule has 0 radical (unpaired) electrons. The lowest BCUT2D eigenvalue weighted by atomic mass is 10.2. The Bertz CT molecular complexity index is 409. The fraction of sp³-hybridized carbons (Fsp3) is 0.500. The molecule has 5 heteroatoms. The second-order valence-corrected chi connectivity index (χ2v) is 4.41. The summed E-state index contributed by atoms with van der Waals surface area (Å²) in [4.78, 5) is 13.8. The van der Waals surface area contributed by atoms with Crippen LogP contribution in [0.4, 0.5) is 0 Å².